The van der Waals surface area contributed by atoms with Gasteiger partial charge in [0.05, 0.1) is 32.2 Å². The van der Waals surface area contributed by atoms with Gasteiger partial charge in [-0.05, 0) is 71.9 Å². The molecule has 212 valence electrons. The van der Waals surface area contributed by atoms with E-state index in [1.165, 1.54) is 4.70 Å². The zero-order chi connectivity index (χ0) is 29.0. The molecule has 0 spiro atoms. The maximum atomic E-state index is 12.5. The summed E-state index contributed by atoms with van der Waals surface area (Å²) in [4.78, 5) is 41.0. The molecule has 3 rings (SSSR count). The zero-order valence-electron chi connectivity index (χ0n) is 24.4. The Hall–Kier alpha value is -2.71. The minimum absolute atomic E-state index is 0.105. The van der Waals surface area contributed by atoms with Crippen molar-refractivity contribution in [3.05, 3.63) is 51.5 Å². The maximum Gasteiger partial charge on any atom is 0.277 e. The van der Waals surface area contributed by atoms with Crippen LogP contribution in [0.4, 0.5) is 0 Å². The number of hydrogen-bond acceptors (Lipinski definition) is 7. The van der Waals surface area contributed by atoms with Gasteiger partial charge in [0, 0.05) is 6.42 Å². The molecule has 0 aliphatic rings. The molecular weight excluding hydrogens is 530 g/mol. The molecule has 0 aliphatic heterocycles. The van der Waals surface area contributed by atoms with Gasteiger partial charge in [-0.1, -0.05) is 57.3 Å². The summed E-state index contributed by atoms with van der Waals surface area (Å²) in [5, 5.41) is 4.23. The Morgan fingerprint density at radius 3 is 2.26 bits per heavy atom. The molecule has 1 aromatic carbocycles. The highest BCUT2D eigenvalue weighted by Crippen LogP contribution is 2.28. The van der Waals surface area contributed by atoms with Crippen molar-refractivity contribution in [2.45, 2.75) is 105 Å². The van der Waals surface area contributed by atoms with Crippen LogP contribution in [0.2, 0.25) is 5.15 Å². The molecular formula is C30H42ClN5O2S. The monoisotopic (exact) mass is 571 g/mol. The number of hydrogen-bond donors (Lipinski definition) is 1. The van der Waals surface area contributed by atoms with E-state index >= 15 is 0 Å². The first-order valence-corrected chi connectivity index (χ1v) is 15.0. The average Bonchev–Trinajstić information content (AvgIpc) is 3.29. The summed E-state index contributed by atoms with van der Waals surface area (Å²) in [5.41, 5.74) is 2.39. The Balaban J connectivity index is 0.000000302. The minimum atomic E-state index is -0.318. The van der Waals surface area contributed by atoms with Crippen LogP contribution in [0.15, 0.2) is 29.3 Å². The van der Waals surface area contributed by atoms with Gasteiger partial charge in [0.1, 0.15) is 11.6 Å². The summed E-state index contributed by atoms with van der Waals surface area (Å²) in [6.07, 6.45) is 7.61. The molecule has 0 atom stereocenters. The number of aryl methyl sites for hydroxylation is 3. The first-order valence-electron chi connectivity index (χ1n) is 13.8. The first-order chi connectivity index (χ1) is 18.5. The van der Waals surface area contributed by atoms with E-state index in [2.05, 4.69) is 47.1 Å². The van der Waals surface area contributed by atoms with Crippen LogP contribution in [-0.4, -0.2) is 38.0 Å². The molecule has 39 heavy (non-hydrogen) atoms. The molecule has 2 heterocycles. The van der Waals surface area contributed by atoms with Crippen LogP contribution in [0.1, 0.15) is 106 Å². The van der Waals surface area contributed by atoms with E-state index in [9.17, 15) is 9.59 Å². The predicted molar refractivity (Wildman–Crippen MR) is 163 cm³/mol. The van der Waals surface area contributed by atoms with Crippen LogP contribution in [0.3, 0.4) is 0 Å². The highest BCUT2D eigenvalue weighted by molar-refractivity contribution is 7.18. The third kappa shape index (κ3) is 10.1. The highest BCUT2D eigenvalue weighted by Gasteiger charge is 2.26. The van der Waals surface area contributed by atoms with Gasteiger partial charge in [-0.2, -0.15) is 0 Å². The van der Waals surface area contributed by atoms with Crippen LogP contribution in [-0.2, 0) is 11.2 Å². The van der Waals surface area contributed by atoms with Crippen LogP contribution < -0.4 is 5.32 Å². The Morgan fingerprint density at radius 2 is 1.67 bits per heavy atom. The quantitative estimate of drug-likeness (QED) is 0.187. The number of rotatable bonds is 11. The smallest absolute Gasteiger partial charge is 0.277 e. The lowest BCUT2D eigenvalue weighted by Gasteiger charge is -2.29. The minimum Gasteiger partial charge on any atom is -0.309 e. The zero-order valence-corrected chi connectivity index (χ0v) is 25.9. The summed E-state index contributed by atoms with van der Waals surface area (Å²) in [6.45, 7) is 13.5. The third-order valence-electron chi connectivity index (χ3n) is 6.45. The molecule has 7 nitrogen and oxygen atoms in total. The van der Waals surface area contributed by atoms with E-state index in [0.29, 0.717) is 23.6 Å². The molecule has 1 N–H and O–H groups in total. The van der Waals surface area contributed by atoms with Gasteiger partial charge in [0.2, 0.25) is 0 Å². The van der Waals surface area contributed by atoms with Gasteiger partial charge < -0.3 is 10.1 Å². The van der Waals surface area contributed by atoms with Crippen LogP contribution in [0.25, 0.3) is 10.2 Å². The van der Waals surface area contributed by atoms with Crippen LogP contribution in [0, 0.1) is 13.8 Å². The number of para-hydroxylation sites is 1. The van der Waals surface area contributed by atoms with Crippen molar-refractivity contribution in [3.8, 4) is 0 Å². The molecule has 0 saturated carbocycles. The van der Waals surface area contributed by atoms with Gasteiger partial charge in [-0.3, -0.25) is 14.8 Å². The van der Waals surface area contributed by atoms with Crippen molar-refractivity contribution < 1.29 is 9.59 Å². The molecule has 0 saturated heterocycles. The number of aliphatic imine (C=N–C) groups is 1. The molecule has 0 unspecified atom stereocenters. The third-order valence-corrected chi connectivity index (χ3v) is 7.90. The Kier molecular flexibility index (Phi) is 13.1. The Morgan fingerprint density at radius 1 is 1.00 bits per heavy atom. The van der Waals surface area contributed by atoms with Gasteiger partial charge in [0.15, 0.2) is 10.8 Å². The van der Waals surface area contributed by atoms with Crippen molar-refractivity contribution in [2.24, 2.45) is 4.99 Å². The number of fused-ring (bicyclic) bond motifs is 1. The van der Waals surface area contributed by atoms with E-state index in [1.807, 2.05) is 25.1 Å². The second kappa shape index (κ2) is 15.8. The lowest BCUT2D eigenvalue weighted by molar-refractivity contribution is -0.117. The molecule has 0 aliphatic carbocycles. The van der Waals surface area contributed by atoms with Gasteiger partial charge in [-0.15, -0.1) is 11.3 Å². The SMILES string of the molecule is CC(=O)CCCc1nc2ccccc2s1.CCCC(CC)(CCC)N=C(C)NC(=O)c1nc(Cl)c(C)nc1C. The molecule has 0 radical (unpaired) electrons. The number of nitrogens with one attached hydrogen (secondary N) is 1. The fraction of sp³-hybridized carbons (Fsp3) is 0.533. The standard InChI is InChI=1S/C18H29ClN4O.C12H13NOS/c1-7-10-18(9-3,11-8-2)23-14(6)21-17(24)15-12(4)20-13(5)16(19)22-15;1-9(14)5-4-8-12-13-10-6-2-3-7-11(10)15-12/h7-11H2,1-6H3,(H,21,23,24);2-3,6-7H,4-5,8H2,1H3. The fourth-order valence-electron chi connectivity index (χ4n) is 4.55. The average molecular weight is 572 g/mol. The van der Waals surface area contributed by atoms with Gasteiger partial charge in [-0.25, -0.2) is 9.97 Å². The second-order valence-electron chi connectivity index (χ2n) is 9.89. The number of carbonyl (C=O) groups excluding carboxylic acids is 2. The number of halogens is 1. The fourth-order valence-corrected chi connectivity index (χ4v) is 5.68. The van der Waals surface area contributed by atoms with Crippen molar-refractivity contribution in [2.75, 3.05) is 0 Å². The van der Waals surface area contributed by atoms with Crippen molar-refractivity contribution in [1.82, 2.24) is 20.3 Å². The topological polar surface area (TPSA) is 97.2 Å². The van der Waals surface area contributed by atoms with Crippen LogP contribution >= 0.6 is 22.9 Å². The number of ketones is 1. The van der Waals surface area contributed by atoms with E-state index < -0.39 is 0 Å². The molecule has 2 aromatic heterocycles. The number of benzene rings is 1. The summed E-state index contributed by atoms with van der Waals surface area (Å²) >= 11 is 7.72. The van der Waals surface area contributed by atoms with Gasteiger partial charge >= 0.3 is 0 Å². The molecule has 1 amide bonds. The Bertz CT molecular complexity index is 1250. The maximum absolute atomic E-state index is 12.5. The Labute approximate surface area is 241 Å². The largest absolute Gasteiger partial charge is 0.309 e. The molecule has 9 heteroatoms. The molecule has 3 aromatic rings. The lowest BCUT2D eigenvalue weighted by atomic mass is 9.87. The molecule has 0 fully saturated rings. The number of Topliss-reactive ketones (excluding diaryl/α,β-unsaturated/α-hetero) is 1. The number of carbonyl (C=O) groups is 2. The first kappa shape index (κ1) is 32.5. The van der Waals surface area contributed by atoms with Gasteiger partial charge in [0.25, 0.3) is 5.91 Å². The van der Waals surface area contributed by atoms with E-state index in [4.69, 9.17) is 16.6 Å². The predicted octanol–water partition coefficient (Wildman–Crippen LogP) is 7.85. The molecule has 0 bridgehead atoms. The van der Waals surface area contributed by atoms with E-state index in [-0.39, 0.29) is 28.1 Å². The van der Waals surface area contributed by atoms with E-state index in [1.54, 1.807) is 32.1 Å². The highest BCUT2D eigenvalue weighted by atomic mass is 35.5. The van der Waals surface area contributed by atoms with E-state index in [0.717, 1.165) is 55.5 Å². The van der Waals surface area contributed by atoms with Crippen molar-refractivity contribution in [1.29, 1.82) is 0 Å². The lowest BCUT2D eigenvalue weighted by Crippen LogP contribution is -2.35. The second-order valence-corrected chi connectivity index (χ2v) is 11.4. The van der Waals surface area contributed by atoms with Crippen LogP contribution in [0.5, 0.6) is 0 Å². The van der Waals surface area contributed by atoms with Crippen molar-refractivity contribution in [3.63, 3.8) is 0 Å². The summed E-state index contributed by atoms with van der Waals surface area (Å²) in [5.74, 6) is 0.555. The number of amides is 1. The number of thiazole rings is 1. The number of aromatic nitrogens is 3. The summed E-state index contributed by atoms with van der Waals surface area (Å²) in [7, 11) is 0. The number of nitrogens with zero attached hydrogens (tertiary/aromatic N) is 4. The number of amidine groups is 1. The van der Waals surface area contributed by atoms with Crippen molar-refractivity contribution >= 4 is 50.7 Å². The summed E-state index contributed by atoms with van der Waals surface area (Å²) in [6, 6.07) is 8.14. The normalized spacial score (nSPS) is 11.7. The summed E-state index contributed by atoms with van der Waals surface area (Å²) < 4.78 is 1.23.